The Bertz CT molecular complexity index is 1270. The largest absolute Gasteiger partial charge is 0.321 e. The van der Waals surface area contributed by atoms with Crippen molar-refractivity contribution in [2.24, 2.45) is 0 Å². The highest BCUT2D eigenvalue weighted by Gasteiger charge is 2.17. The minimum absolute atomic E-state index is 0.271. The van der Waals surface area contributed by atoms with Gasteiger partial charge in [-0.1, -0.05) is 29.8 Å². The van der Waals surface area contributed by atoms with Crippen molar-refractivity contribution in [2.75, 3.05) is 10.6 Å². The van der Waals surface area contributed by atoms with Crippen LogP contribution in [0.15, 0.2) is 54.9 Å². The lowest BCUT2D eigenvalue weighted by molar-refractivity contribution is 0.102. The second-order valence-corrected chi connectivity index (χ2v) is 8.23. The second kappa shape index (κ2) is 8.66. The van der Waals surface area contributed by atoms with Gasteiger partial charge in [-0.15, -0.1) is 16.4 Å². The molecule has 2 aromatic carbocycles. The maximum Gasteiger partial charge on any atom is 0.266 e. The maximum absolute atomic E-state index is 12.9. The Morgan fingerprint density at radius 1 is 1.00 bits per heavy atom. The molecule has 2 aromatic heterocycles. The fraction of sp³-hybridized carbons (Fsp3) is 0.0952. The van der Waals surface area contributed by atoms with E-state index in [0.29, 0.717) is 26.2 Å². The van der Waals surface area contributed by atoms with Crippen molar-refractivity contribution in [3.63, 3.8) is 0 Å². The topological polar surface area (TPSA) is 102 Å². The highest BCUT2D eigenvalue weighted by Crippen LogP contribution is 2.29. The summed E-state index contributed by atoms with van der Waals surface area (Å²) in [6.45, 7) is 3.75. The van der Waals surface area contributed by atoms with Gasteiger partial charge in [0, 0.05) is 5.69 Å². The smallest absolute Gasteiger partial charge is 0.266 e. The van der Waals surface area contributed by atoms with Gasteiger partial charge in [-0.3, -0.25) is 9.59 Å². The number of aryl methyl sites for hydroxylation is 2. The Kier molecular flexibility index (Phi) is 5.79. The van der Waals surface area contributed by atoms with Gasteiger partial charge in [0.25, 0.3) is 11.8 Å². The minimum atomic E-state index is -0.330. The molecule has 0 radical (unpaired) electrons. The Balaban J connectivity index is 1.51. The summed E-state index contributed by atoms with van der Waals surface area (Å²) < 4.78 is 1.53. The van der Waals surface area contributed by atoms with Gasteiger partial charge in [0.1, 0.15) is 6.33 Å². The molecule has 0 spiro atoms. The number of nitrogens with one attached hydrogen (secondary N) is 2. The first-order valence-corrected chi connectivity index (χ1v) is 10.4. The van der Waals surface area contributed by atoms with Gasteiger partial charge in [0.05, 0.1) is 26.2 Å². The van der Waals surface area contributed by atoms with Gasteiger partial charge in [-0.25, -0.2) is 4.68 Å². The van der Waals surface area contributed by atoms with E-state index in [2.05, 4.69) is 26.2 Å². The minimum Gasteiger partial charge on any atom is -0.321 e. The van der Waals surface area contributed by atoms with E-state index in [-0.39, 0.29) is 11.8 Å². The molecule has 0 aliphatic rings. The highest BCUT2D eigenvalue weighted by atomic mass is 35.5. The van der Waals surface area contributed by atoms with Gasteiger partial charge >= 0.3 is 0 Å². The SMILES string of the molecule is Cc1ccc(NC(=O)c2sc(NC(=O)c3ccccc3Cl)cc2C)cc1-n1cnnn1. The zero-order valence-corrected chi connectivity index (χ0v) is 18.2. The number of halogens is 1. The molecule has 0 aliphatic carbocycles. The van der Waals surface area contributed by atoms with E-state index < -0.39 is 0 Å². The van der Waals surface area contributed by atoms with Gasteiger partial charge in [0.15, 0.2) is 0 Å². The van der Waals surface area contributed by atoms with E-state index in [9.17, 15) is 9.59 Å². The third-order valence-electron chi connectivity index (χ3n) is 4.54. The van der Waals surface area contributed by atoms with Gasteiger partial charge in [0.2, 0.25) is 0 Å². The number of carbonyl (C=O) groups excluding carboxylic acids is 2. The predicted octanol–water partition coefficient (Wildman–Crippen LogP) is 4.50. The summed E-state index contributed by atoms with van der Waals surface area (Å²) in [5, 5.41) is 17.8. The van der Waals surface area contributed by atoms with E-state index in [1.807, 2.05) is 26.0 Å². The molecule has 0 fully saturated rings. The molecule has 156 valence electrons. The molecule has 4 rings (SSSR count). The van der Waals surface area contributed by atoms with Crippen LogP contribution in [-0.2, 0) is 0 Å². The van der Waals surface area contributed by atoms with E-state index in [1.54, 1.807) is 36.4 Å². The molecule has 4 aromatic rings. The molecule has 0 aliphatic heterocycles. The van der Waals surface area contributed by atoms with E-state index in [4.69, 9.17) is 11.6 Å². The zero-order valence-electron chi connectivity index (χ0n) is 16.6. The molecule has 2 amide bonds. The number of anilines is 2. The highest BCUT2D eigenvalue weighted by molar-refractivity contribution is 7.18. The molecule has 0 atom stereocenters. The van der Waals surface area contributed by atoms with Crippen molar-refractivity contribution in [2.45, 2.75) is 13.8 Å². The van der Waals surface area contributed by atoms with E-state index in [0.717, 1.165) is 16.8 Å². The van der Waals surface area contributed by atoms with Crippen molar-refractivity contribution in [3.05, 3.63) is 81.4 Å². The summed E-state index contributed by atoms with van der Waals surface area (Å²) in [6.07, 6.45) is 1.49. The number of benzene rings is 2. The lowest BCUT2D eigenvalue weighted by Crippen LogP contribution is -2.12. The van der Waals surface area contributed by atoms with Gasteiger partial charge in [-0.05, 0) is 65.7 Å². The molecule has 0 unspecified atom stereocenters. The molecular weight excluding hydrogens is 436 g/mol. The van der Waals surface area contributed by atoms with Crippen molar-refractivity contribution in [1.29, 1.82) is 0 Å². The van der Waals surface area contributed by atoms with Crippen LogP contribution in [0.5, 0.6) is 0 Å². The summed E-state index contributed by atoms with van der Waals surface area (Å²) in [7, 11) is 0. The molecule has 10 heteroatoms. The fourth-order valence-corrected chi connectivity index (χ4v) is 4.17. The number of amides is 2. The third kappa shape index (κ3) is 4.47. The number of tetrazole rings is 1. The van der Waals surface area contributed by atoms with Crippen molar-refractivity contribution < 1.29 is 9.59 Å². The second-order valence-electron chi connectivity index (χ2n) is 6.77. The zero-order chi connectivity index (χ0) is 22.0. The number of thiophene rings is 1. The summed E-state index contributed by atoms with van der Waals surface area (Å²) in [5.74, 6) is -0.601. The number of aromatic nitrogens is 4. The maximum atomic E-state index is 12.9. The summed E-state index contributed by atoms with van der Waals surface area (Å²) in [6, 6.07) is 14.0. The molecule has 2 heterocycles. The lowest BCUT2D eigenvalue weighted by atomic mass is 10.1. The summed E-state index contributed by atoms with van der Waals surface area (Å²) >= 11 is 7.28. The number of rotatable bonds is 5. The monoisotopic (exact) mass is 452 g/mol. The summed E-state index contributed by atoms with van der Waals surface area (Å²) in [4.78, 5) is 25.8. The average molecular weight is 453 g/mol. The molecule has 0 saturated carbocycles. The quantitative estimate of drug-likeness (QED) is 0.464. The van der Waals surface area contributed by atoms with Crippen molar-refractivity contribution in [3.8, 4) is 5.69 Å². The number of nitrogens with zero attached hydrogens (tertiary/aromatic N) is 4. The Hall–Kier alpha value is -3.56. The van der Waals surface area contributed by atoms with Crippen LogP contribution >= 0.6 is 22.9 Å². The standard InChI is InChI=1S/C21H17ClN6O2S/c1-12-7-8-14(10-17(12)28-11-23-26-27-28)24-21(30)19-13(2)9-18(31-19)25-20(29)15-5-3-4-6-16(15)22/h3-11H,1-2H3,(H,24,30)(H,25,29). The van der Waals surface area contributed by atoms with Crippen LogP contribution < -0.4 is 10.6 Å². The van der Waals surface area contributed by atoms with E-state index in [1.165, 1.54) is 22.3 Å². The van der Waals surface area contributed by atoms with Crippen LogP contribution in [0, 0.1) is 13.8 Å². The number of carbonyl (C=O) groups is 2. The van der Waals surface area contributed by atoms with Crippen molar-refractivity contribution in [1.82, 2.24) is 20.2 Å². The van der Waals surface area contributed by atoms with Crippen LogP contribution in [0.25, 0.3) is 5.69 Å². The molecule has 0 bridgehead atoms. The van der Waals surface area contributed by atoms with E-state index >= 15 is 0 Å². The normalized spacial score (nSPS) is 10.7. The van der Waals surface area contributed by atoms with Crippen LogP contribution in [0.2, 0.25) is 5.02 Å². The Morgan fingerprint density at radius 2 is 1.81 bits per heavy atom. The lowest BCUT2D eigenvalue weighted by Gasteiger charge is -2.09. The molecule has 31 heavy (non-hydrogen) atoms. The Labute approximate surface area is 186 Å². The first kappa shape index (κ1) is 20.7. The van der Waals surface area contributed by atoms with Gasteiger partial charge in [-0.2, -0.15) is 0 Å². The number of hydrogen-bond acceptors (Lipinski definition) is 6. The summed E-state index contributed by atoms with van der Waals surface area (Å²) in [5.41, 5.74) is 3.46. The van der Waals surface area contributed by atoms with Crippen LogP contribution in [0.4, 0.5) is 10.7 Å². The molecular formula is C21H17ClN6O2S. The molecule has 2 N–H and O–H groups in total. The van der Waals surface area contributed by atoms with Crippen LogP contribution in [-0.4, -0.2) is 32.0 Å². The fourth-order valence-electron chi connectivity index (χ4n) is 2.99. The Morgan fingerprint density at radius 3 is 2.55 bits per heavy atom. The first-order chi connectivity index (χ1) is 14.9. The average Bonchev–Trinajstić information content (AvgIpc) is 3.39. The molecule has 0 saturated heterocycles. The van der Waals surface area contributed by atoms with Crippen LogP contribution in [0.1, 0.15) is 31.2 Å². The van der Waals surface area contributed by atoms with Crippen molar-refractivity contribution >= 4 is 45.4 Å². The first-order valence-electron chi connectivity index (χ1n) is 9.24. The predicted molar refractivity (Wildman–Crippen MR) is 120 cm³/mol. The third-order valence-corrected chi connectivity index (χ3v) is 6.02. The number of hydrogen-bond donors (Lipinski definition) is 2. The van der Waals surface area contributed by atoms with Gasteiger partial charge < -0.3 is 10.6 Å². The molecule has 8 nitrogen and oxygen atoms in total. The van der Waals surface area contributed by atoms with Crippen LogP contribution in [0.3, 0.4) is 0 Å².